The summed E-state index contributed by atoms with van der Waals surface area (Å²) in [6.45, 7) is 8.23. The molecule has 1 N–H and O–H groups in total. The highest BCUT2D eigenvalue weighted by Crippen LogP contribution is 2.28. The lowest BCUT2D eigenvalue weighted by molar-refractivity contribution is -0.115. The summed E-state index contributed by atoms with van der Waals surface area (Å²) >= 11 is 1.40. The Morgan fingerprint density at radius 2 is 1.71 bits per heavy atom. The molecule has 0 fully saturated rings. The normalized spacial score (nSPS) is 12.2. The van der Waals surface area contributed by atoms with Crippen molar-refractivity contribution in [2.75, 3.05) is 5.32 Å². The average Bonchev–Trinajstić information content (AvgIpc) is 3.03. The van der Waals surface area contributed by atoms with Gasteiger partial charge in [-0.2, -0.15) is 0 Å². The highest BCUT2D eigenvalue weighted by atomic mass is 32.2. The van der Waals surface area contributed by atoms with Gasteiger partial charge in [0, 0.05) is 18.3 Å². The second-order valence-corrected chi connectivity index (χ2v) is 8.51. The summed E-state index contributed by atoms with van der Waals surface area (Å²) < 4.78 is 1.94. The van der Waals surface area contributed by atoms with E-state index in [1.165, 1.54) is 17.3 Å². The Balaban J connectivity index is 1.68. The largest absolute Gasteiger partial charge is 0.325 e. The number of aromatic nitrogens is 3. The highest BCUT2D eigenvalue weighted by molar-refractivity contribution is 8.00. The van der Waals surface area contributed by atoms with Crippen molar-refractivity contribution in [3.63, 3.8) is 0 Å². The van der Waals surface area contributed by atoms with Crippen molar-refractivity contribution in [2.45, 2.75) is 44.0 Å². The third kappa shape index (κ3) is 4.44. The predicted molar refractivity (Wildman–Crippen MR) is 116 cm³/mol. The van der Waals surface area contributed by atoms with E-state index in [0.29, 0.717) is 5.92 Å². The minimum Gasteiger partial charge on any atom is -0.325 e. The van der Waals surface area contributed by atoms with Gasteiger partial charge in [0.2, 0.25) is 5.91 Å². The standard InChI is InChI=1S/C22H26N4OS/c1-14(2)17-10-12-18(13-11-17)23-21(27)16(4)28-22-25-24-20(26(22)5)19-9-7-6-8-15(19)3/h6-14,16H,1-5H3,(H,23,27)/t16-/m1/s1. The zero-order valence-corrected chi connectivity index (χ0v) is 17.7. The lowest BCUT2D eigenvalue weighted by Crippen LogP contribution is -2.22. The Bertz CT molecular complexity index is 963. The van der Waals surface area contributed by atoms with E-state index in [1.807, 2.05) is 48.9 Å². The first-order chi connectivity index (χ1) is 13.4. The average molecular weight is 395 g/mol. The van der Waals surface area contributed by atoms with Crippen molar-refractivity contribution < 1.29 is 4.79 Å². The number of benzene rings is 2. The van der Waals surface area contributed by atoms with Crippen LogP contribution < -0.4 is 5.32 Å². The van der Waals surface area contributed by atoms with Crippen molar-refractivity contribution in [1.29, 1.82) is 0 Å². The zero-order chi connectivity index (χ0) is 20.3. The molecule has 1 amide bonds. The van der Waals surface area contributed by atoms with Crippen molar-refractivity contribution in [3.05, 3.63) is 59.7 Å². The lowest BCUT2D eigenvalue weighted by atomic mass is 10.0. The van der Waals surface area contributed by atoms with Crippen LogP contribution in [0.25, 0.3) is 11.4 Å². The summed E-state index contributed by atoms with van der Waals surface area (Å²) in [6.07, 6.45) is 0. The minimum atomic E-state index is -0.294. The second kappa shape index (κ2) is 8.61. The molecule has 0 aliphatic carbocycles. The minimum absolute atomic E-state index is 0.0530. The fourth-order valence-electron chi connectivity index (χ4n) is 2.88. The van der Waals surface area contributed by atoms with Crippen LogP contribution in [0.15, 0.2) is 53.7 Å². The number of hydrogen-bond acceptors (Lipinski definition) is 4. The van der Waals surface area contributed by atoms with Crippen molar-refractivity contribution in [1.82, 2.24) is 14.8 Å². The van der Waals surface area contributed by atoms with Gasteiger partial charge in [0.05, 0.1) is 5.25 Å². The lowest BCUT2D eigenvalue weighted by Gasteiger charge is -2.13. The van der Waals surface area contributed by atoms with Crippen LogP contribution >= 0.6 is 11.8 Å². The molecule has 1 atom stereocenters. The van der Waals surface area contributed by atoms with Crippen LogP contribution in [-0.4, -0.2) is 25.9 Å². The van der Waals surface area contributed by atoms with Gasteiger partial charge in [-0.1, -0.05) is 62.0 Å². The van der Waals surface area contributed by atoms with Crippen LogP contribution in [0.5, 0.6) is 0 Å². The van der Waals surface area contributed by atoms with Crippen LogP contribution in [0.3, 0.4) is 0 Å². The van der Waals surface area contributed by atoms with Crippen molar-refractivity contribution in [2.24, 2.45) is 7.05 Å². The van der Waals surface area contributed by atoms with Crippen LogP contribution in [0.4, 0.5) is 5.69 Å². The molecule has 0 aliphatic heterocycles. The summed E-state index contributed by atoms with van der Waals surface area (Å²) in [7, 11) is 1.93. The summed E-state index contributed by atoms with van der Waals surface area (Å²) in [5.41, 5.74) is 4.25. The molecule has 1 aromatic heterocycles. The van der Waals surface area contributed by atoms with E-state index in [4.69, 9.17) is 0 Å². The summed E-state index contributed by atoms with van der Waals surface area (Å²) in [6, 6.07) is 16.1. The van der Waals surface area contributed by atoms with Gasteiger partial charge in [-0.3, -0.25) is 4.79 Å². The van der Waals surface area contributed by atoms with Crippen LogP contribution in [0.1, 0.15) is 37.8 Å². The summed E-state index contributed by atoms with van der Waals surface area (Å²) in [5, 5.41) is 12.0. The first-order valence-electron chi connectivity index (χ1n) is 9.39. The Kier molecular flexibility index (Phi) is 6.19. The molecular weight excluding hydrogens is 368 g/mol. The molecule has 3 aromatic rings. The fourth-order valence-corrected chi connectivity index (χ4v) is 3.70. The molecule has 146 valence electrons. The monoisotopic (exact) mass is 394 g/mol. The van der Waals surface area contributed by atoms with Gasteiger partial charge in [0.15, 0.2) is 11.0 Å². The first kappa shape index (κ1) is 20.1. The van der Waals surface area contributed by atoms with E-state index in [2.05, 4.69) is 54.5 Å². The molecule has 0 spiro atoms. The van der Waals surface area contributed by atoms with Gasteiger partial charge >= 0.3 is 0 Å². The smallest absolute Gasteiger partial charge is 0.237 e. The van der Waals surface area contributed by atoms with E-state index in [1.54, 1.807) is 0 Å². The number of nitrogens with zero attached hydrogens (tertiary/aromatic N) is 3. The second-order valence-electron chi connectivity index (χ2n) is 7.21. The highest BCUT2D eigenvalue weighted by Gasteiger charge is 2.20. The maximum absolute atomic E-state index is 12.6. The zero-order valence-electron chi connectivity index (χ0n) is 16.9. The molecule has 0 saturated heterocycles. The number of hydrogen-bond donors (Lipinski definition) is 1. The van der Waals surface area contributed by atoms with E-state index in [9.17, 15) is 4.79 Å². The Labute approximate surface area is 170 Å². The maximum atomic E-state index is 12.6. The Hall–Kier alpha value is -2.60. The molecule has 0 radical (unpaired) electrons. The van der Waals surface area contributed by atoms with E-state index >= 15 is 0 Å². The Morgan fingerprint density at radius 1 is 1.04 bits per heavy atom. The van der Waals surface area contributed by atoms with Crippen LogP contribution in [0, 0.1) is 6.92 Å². The summed E-state index contributed by atoms with van der Waals surface area (Å²) in [4.78, 5) is 12.6. The molecule has 2 aromatic carbocycles. The molecular formula is C22H26N4OS. The molecule has 6 heteroatoms. The number of nitrogens with one attached hydrogen (secondary N) is 1. The molecule has 1 heterocycles. The molecule has 0 bridgehead atoms. The van der Waals surface area contributed by atoms with Gasteiger partial charge < -0.3 is 9.88 Å². The van der Waals surface area contributed by atoms with Gasteiger partial charge in [-0.15, -0.1) is 10.2 Å². The molecule has 5 nitrogen and oxygen atoms in total. The third-order valence-electron chi connectivity index (χ3n) is 4.72. The van der Waals surface area contributed by atoms with Crippen molar-refractivity contribution >= 4 is 23.4 Å². The number of anilines is 1. The summed E-state index contributed by atoms with van der Waals surface area (Å²) in [5.74, 6) is 1.22. The van der Waals surface area contributed by atoms with Gasteiger partial charge in [-0.25, -0.2) is 0 Å². The van der Waals surface area contributed by atoms with Gasteiger partial charge in [0.25, 0.3) is 0 Å². The number of amides is 1. The number of aryl methyl sites for hydroxylation is 1. The maximum Gasteiger partial charge on any atom is 0.237 e. The molecule has 28 heavy (non-hydrogen) atoms. The molecule has 0 unspecified atom stereocenters. The number of carbonyl (C=O) groups excluding carboxylic acids is 1. The van der Waals surface area contributed by atoms with E-state index in [-0.39, 0.29) is 11.2 Å². The predicted octanol–water partition coefficient (Wildman–Crippen LogP) is 5.03. The quantitative estimate of drug-likeness (QED) is 0.596. The van der Waals surface area contributed by atoms with Gasteiger partial charge in [-0.05, 0) is 43.0 Å². The number of rotatable bonds is 6. The Morgan fingerprint density at radius 3 is 2.36 bits per heavy atom. The van der Waals surface area contributed by atoms with E-state index < -0.39 is 0 Å². The third-order valence-corrected chi connectivity index (χ3v) is 5.85. The van der Waals surface area contributed by atoms with Crippen molar-refractivity contribution in [3.8, 4) is 11.4 Å². The fraction of sp³-hybridized carbons (Fsp3) is 0.318. The molecule has 3 rings (SSSR count). The van der Waals surface area contributed by atoms with E-state index in [0.717, 1.165) is 27.8 Å². The SMILES string of the molecule is Cc1ccccc1-c1nnc(S[C@H](C)C(=O)Nc2ccc(C(C)C)cc2)n1C. The molecule has 0 aliphatic rings. The molecule has 0 saturated carbocycles. The first-order valence-corrected chi connectivity index (χ1v) is 10.3. The van der Waals surface area contributed by atoms with Crippen LogP contribution in [-0.2, 0) is 11.8 Å². The number of thioether (sulfide) groups is 1. The van der Waals surface area contributed by atoms with Crippen LogP contribution in [0.2, 0.25) is 0 Å². The number of carbonyl (C=O) groups is 1. The van der Waals surface area contributed by atoms with Gasteiger partial charge in [0.1, 0.15) is 0 Å². The topological polar surface area (TPSA) is 59.8 Å².